The van der Waals surface area contributed by atoms with E-state index in [2.05, 4.69) is 11.4 Å². The molecular weight excluding hydrogens is 388 g/mol. The maximum Gasteiger partial charge on any atom is 0.256 e. The Morgan fingerprint density at radius 3 is 2.07 bits per heavy atom. The zero-order chi connectivity index (χ0) is 21.6. The number of carbonyl (C=O) groups excluding carboxylic acids is 1. The first kappa shape index (κ1) is 22.6. The van der Waals surface area contributed by atoms with Crippen LogP contribution >= 0.6 is 11.3 Å². The van der Waals surface area contributed by atoms with Crippen LogP contribution in [-0.2, 0) is 5.41 Å². The average molecular weight is 417 g/mol. The number of ether oxygens (including phenoxy) is 3. The minimum absolute atomic E-state index is 0.187. The minimum atomic E-state index is -0.339. The van der Waals surface area contributed by atoms with E-state index in [9.17, 15) is 10.1 Å². The lowest BCUT2D eigenvalue weighted by Crippen LogP contribution is -2.15. The van der Waals surface area contributed by atoms with Crippen molar-refractivity contribution in [2.75, 3.05) is 25.1 Å². The average Bonchev–Trinajstić information content (AvgIpc) is 3.07. The van der Waals surface area contributed by atoms with Gasteiger partial charge in [0, 0.05) is 5.56 Å². The molecule has 7 heteroatoms. The predicted octanol–water partition coefficient (Wildman–Crippen LogP) is 5.37. The summed E-state index contributed by atoms with van der Waals surface area (Å²) in [5.74, 6) is 1.05. The Morgan fingerprint density at radius 1 is 1.07 bits per heavy atom. The number of benzene rings is 1. The van der Waals surface area contributed by atoms with Crippen LogP contribution < -0.4 is 19.5 Å². The second-order valence-electron chi connectivity index (χ2n) is 7.27. The summed E-state index contributed by atoms with van der Waals surface area (Å²) in [5, 5.41) is 14.9. The predicted molar refractivity (Wildman–Crippen MR) is 116 cm³/mol. The molecule has 0 saturated heterocycles. The molecule has 0 bridgehead atoms. The maximum atomic E-state index is 13.0. The fourth-order valence-corrected chi connectivity index (χ4v) is 3.94. The molecule has 1 heterocycles. The van der Waals surface area contributed by atoms with Crippen molar-refractivity contribution in [2.24, 2.45) is 0 Å². The highest BCUT2D eigenvalue weighted by Crippen LogP contribution is 2.40. The molecule has 156 valence electrons. The fraction of sp³-hybridized carbons (Fsp3) is 0.455. The molecule has 6 nitrogen and oxygen atoms in total. The summed E-state index contributed by atoms with van der Waals surface area (Å²) in [5.41, 5.74) is 1.59. The number of nitriles is 1. The molecule has 0 aliphatic rings. The van der Waals surface area contributed by atoms with Crippen molar-refractivity contribution >= 4 is 22.2 Å². The third-order valence-electron chi connectivity index (χ3n) is 4.11. The second kappa shape index (κ2) is 9.66. The van der Waals surface area contributed by atoms with Gasteiger partial charge < -0.3 is 19.5 Å². The zero-order valence-electron chi connectivity index (χ0n) is 17.8. The van der Waals surface area contributed by atoms with E-state index in [0.29, 0.717) is 53.2 Å². The molecular formula is C22H28N2O4S. The zero-order valence-corrected chi connectivity index (χ0v) is 18.7. The summed E-state index contributed by atoms with van der Waals surface area (Å²) in [4.78, 5) is 13.0. The summed E-state index contributed by atoms with van der Waals surface area (Å²) < 4.78 is 17.0. The van der Waals surface area contributed by atoms with Gasteiger partial charge in [-0.15, -0.1) is 11.3 Å². The van der Waals surface area contributed by atoms with Crippen LogP contribution in [0, 0.1) is 11.3 Å². The molecule has 0 saturated carbocycles. The standard InChI is InChI=1S/C22H28N2O4S/c1-7-26-17-10-14(11-18(27-8-2)19(17)28-9-3)20(25)24-21-15(12-23)16(13-29-21)22(4,5)6/h10-11,13H,7-9H2,1-6H3,(H,24,25). The van der Waals surface area contributed by atoms with E-state index in [1.807, 2.05) is 46.9 Å². The van der Waals surface area contributed by atoms with Crippen LogP contribution in [0.5, 0.6) is 17.2 Å². The number of anilines is 1. The van der Waals surface area contributed by atoms with Gasteiger partial charge in [-0.1, -0.05) is 20.8 Å². The van der Waals surface area contributed by atoms with E-state index >= 15 is 0 Å². The minimum Gasteiger partial charge on any atom is -0.490 e. The lowest BCUT2D eigenvalue weighted by Gasteiger charge is -2.18. The molecule has 0 radical (unpaired) electrons. The van der Waals surface area contributed by atoms with E-state index in [1.54, 1.807) is 12.1 Å². The van der Waals surface area contributed by atoms with Gasteiger partial charge in [0.2, 0.25) is 5.75 Å². The Labute approximate surface area is 176 Å². The van der Waals surface area contributed by atoms with Crippen molar-refractivity contribution in [1.29, 1.82) is 5.26 Å². The first-order chi connectivity index (χ1) is 13.8. The monoisotopic (exact) mass is 416 g/mol. The highest BCUT2D eigenvalue weighted by Gasteiger charge is 2.24. The van der Waals surface area contributed by atoms with E-state index in [4.69, 9.17) is 14.2 Å². The Kier molecular flexibility index (Phi) is 7.52. The number of nitrogens with zero attached hydrogens (tertiary/aromatic N) is 1. The summed E-state index contributed by atoms with van der Waals surface area (Å²) in [6.45, 7) is 13.0. The van der Waals surface area contributed by atoms with Gasteiger partial charge in [0.1, 0.15) is 11.1 Å². The van der Waals surface area contributed by atoms with Crippen LogP contribution in [0.3, 0.4) is 0 Å². The summed E-state index contributed by atoms with van der Waals surface area (Å²) in [6.07, 6.45) is 0. The van der Waals surface area contributed by atoms with Crippen LogP contribution in [0.1, 0.15) is 63.0 Å². The normalized spacial score (nSPS) is 10.9. The number of hydrogen-bond donors (Lipinski definition) is 1. The van der Waals surface area contributed by atoms with Gasteiger partial charge in [0.05, 0.1) is 25.4 Å². The second-order valence-corrected chi connectivity index (χ2v) is 8.15. The highest BCUT2D eigenvalue weighted by molar-refractivity contribution is 7.14. The summed E-state index contributed by atoms with van der Waals surface area (Å²) in [6, 6.07) is 5.49. The molecule has 0 aliphatic carbocycles. The van der Waals surface area contributed by atoms with Gasteiger partial charge >= 0.3 is 0 Å². The summed E-state index contributed by atoms with van der Waals surface area (Å²) >= 11 is 1.35. The van der Waals surface area contributed by atoms with Crippen molar-refractivity contribution in [1.82, 2.24) is 0 Å². The number of nitrogens with one attached hydrogen (secondary N) is 1. The van der Waals surface area contributed by atoms with Gasteiger partial charge in [-0.05, 0) is 49.3 Å². The quantitative estimate of drug-likeness (QED) is 0.626. The third-order valence-corrected chi connectivity index (χ3v) is 5.00. The smallest absolute Gasteiger partial charge is 0.256 e. The number of rotatable bonds is 8. The molecule has 0 unspecified atom stereocenters. The molecule has 1 N–H and O–H groups in total. The lowest BCUT2D eigenvalue weighted by molar-refractivity contribution is 0.102. The lowest BCUT2D eigenvalue weighted by atomic mass is 9.86. The van der Waals surface area contributed by atoms with Crippen LogP contribution in [0.25, 0.3) is 0 Å². The Bertz CT molecular complexity index is 880. The van der Waals surface area contributed by atoms with Crippen molar-refractivity contribution in [3.63, 3.8) is 0 Å². The molecule has 0 atom stereocenters. The molecule has 2 rings (SSSR count). The van der Waals surface area contributed by atoms with Crippen molar-refractivity contribution in [2.45, 2.75) is 47.0 Å². The largest absolute Gasteiger partial charge is 0.490 e. The van der Waals surface area contributed by atoms with Crippen molar-refractivity contribution in [3.8, 4) is 23.3 Å². The van der Waals surface area contributed by atoms with E-state index in [0.717, 1.165) is 5.56 Å². The number of hydrogen-bond acceptors (Lipinski definition) is 6. The maximum absolute atomic E-state index is 13.0. The van der Waals surface area contributed by atoms with E-state index in [1.165, 1.54) is 11.3 Å². The van der Waals surface area contributed by atoms with Crippen LogP contribution in [-0.4, -0.2) is 25.7 Å². The van der Waals surface area contributed by atoms with Crippen LogP contribution in [0.15, 0.2) is 17.5 Å². The fourth-order valence-electron chi connectivity index (χ4n) is 2.81. The van der Waals surface area contributed by atoms with Gasteiger partial charge in [0.25, 0.3) is 5.91 Å². The number of amides is 1. The van der Waals surface area contributed by atoms with Gasteiger partial charge in [0.15, 0.2) is 11.5 Å². The van der Waals surface area contributed by atoms with E-state index in [-0.39, 0.29) is 11.3 Å². The van der Waals surface area contributed by atoms with Crippen molar-refractivity contribution in [3.05, 3.63) is 34.2 Å². The van der Waals surface area contributed by atoms with Crippen LogP contribution in [0.2, 0.25) is 0 Å². The molecule has 29 heavy (non-hydrogen) atoms. The molecule has 0 aliphatic heterocycles. The molecule has 1 aromatic heterocycles. The molecule has 1 amide bonds. The van der Waals surface area contributed by atoms with Gasteiger partial charge in [-0.25, -0.2) is 0 Å². The SMILES string of the molecule is CCOc1cc(C(=O)Nc2scc(C(C)(C)C)c2C#N)cc(OCC)c1OCC. The molecule has 0 spiro atoms. The highest BCUT2D eigenvalue weighted by atomic mass is 32.1. The van der Waals surface area contributed by atoms with Gasteiger partial charge in [-0.3, -0.25) is 4.79 Å². The topological polar surface area (TPSA) is 80.6 Å². The number of carbonyl (C=O) groups is 1. The Morgan fingerprint density at radius 2 is 1.62 bits per heavy atom. The van der Waals surface area contributed by atoms with Crippen molar-refractivity contribution < 1.29 is 19.0 Å². The molecule has 2 aromatic rings. The summed E-state index contributed by atoms with van der Waals surface area (Å²) in [7, 11) is 0. The third kappa shape index (κ3) is 5.21. The first-order valence-corrected chi connectivity index (χ1v) is 10.5. The first-order valence-electron chi connectivity index (χ1n) is 9.66. The molecule has 0 fully saturated rings. The van der Waals surface area contributed by atoms with Gasteiger partial charge in [-0.2, -0.15) is 5.26 Å². The van der Waals surface area contributed by atoms with Crippen LogP contribution in [0.4, 0.5) is 5.00 Å². The number of thiophene rings is 1. The Balaban J connectivity index is 2.43. The van der Waals surface area contributed by atoms with E-state index < -0.39 is 0 Å². The Hall–Kier alpha value is -2.72. The molecule has 1 aromatic carbocycles.